The smallest absolute Gasteiger partial charge is 0.178 e. The van der Waals surface area contributed by atoms with Crippen molar-refractivity contribution in [2.24, 2.45) is 0 Å². The highest BCUT2D eigenvalue weighted by Crippen LogP contribution is 2.23. The van der Waals surface area contributed by atoms with E-state index in [1.54, 1.807) is 18.0 Å². The van der Waals surface area contributed by atoms with Crippen molar-refractivity contribution in [2.75, 3.05) is 6.61 Å². The second-order valence-electron chi connectivity index (χ2n) is 4.57. The summed E-state index contributed by atoms with van der Waals surface area (Å²) in [4.78, 5) is 16.4. The molecule has 0 amide bonds. The number of hydrogen-bond donors (Lipinski definition) is 1. The van der Waals surface area contributed by atoms with Crippen LogP contribution in [0.15, 0.2) is 35.6 Å². The molecule has 0 bridgehead atoms. The Morgan fingerprint density at radius 1 is 1.29 bits per heavy atom. The van der Waals surface area contributed by atoms with Gasteiger partial charge in [-0.05, 0) is 26.0 Å². The van der Waals surface area contributed by atoms with Gasteiger partial charge in [-0.25, -0.2) is 9.97 Å². The van der Waals surface area contributed by atoms with Gasteiger partial charge < -0.3 is 9.72 Å². The van der Waals surface area contributed by atoms with Crippen molar-refractivity contribution in [3.05, 3.63) is 41.9 Å². The largest absolute Gasteiger partial charge is 0.494 e. The van der Waals surface area contributed by atoms with Gasteiger partial charge in [-0.3, -0.25) is 4.98 Å². The van der Waals surface area contributed by atoms with Crippen LogP contribution in [0.2, 0.25) is 0 Å². The van der Waals surface area contributed by atoms with Crippen molar-refractivity contribution in [2.45, 2.75) is 24.8 Å². The molecule has 0 aromatic carbocycles. The summed E-state index contributed by atoms with van der Waals surface area (Å²) in [5.41, 5.74) is 3.64. The first-order valence-electron chi connectivity index (χ1n) is 6.78. The highest BCUT2D eigenvalue weighted by Gasteiger charge is 2.06. The van der Waals surface area contributed by atoms with E-state index in [0.717, 1.165) is 39.2 Å². The van der Waals surface area contributed by atoms with E-state index in [2.05, 4.69) is 19.9 Å². The van der Waals surface area contributed by atoms with Gasteiger partial charge in [0, 0.05) is 29.8 Å². The molecule has 0 saturated heterocycles. The lowest BCUT2D eigenvalue weighted by atomic mass is 10.3. The third kappa shape index (κ3) is 3.33. The molecule has 0 aliphatic heterocycles. The van der Waals surface area contributed by atoms with E-state index in [9.17, 15) is 0 Å². The number of pyridine rings is 2. The summed E-state index contributed by atoms with van der Waals surface area (Å²) in [6.45, 7) is 4.61. The molecule has 0 fully saturated rings. The van der Waals surface area contributed by atoms with Gasteiger partial charge in [-0.1, -0.05) is 11.8 Å². The number of ether oxygens (including phenoxy) is 1. The molecule has 0 atom stereocenters. The zero-order valence-corrected chi connectivity index (χ0v) is 12.8. The topological polar surface area (TPSA) is 63.7 Å². The normalized spacial score (nSPS) is 11.0. The van der Waals surface area contributed by atoms with Crippen molar-refractivity contribution < 1.29 is 4.74 Å². The Kier molecular flexibility index (Phi) is 4.06. The molecule has 5 nitrogen and oxygen atoms in total. The van der Waals surface area contributed by atoms with Crippen LogP contribution in [0.4, 0.5) is 0 Å². The summed E-state index contributed by atoms with van der Waals surface area (Å²) in [5.74, 6) is 1.61. The molecule has 3 aromatic rings. The number of aromatic amines is 1. The molecule has 0 spiro atoms. The van der Waals surface area contributed by atoms with E-state index < -0.39 is 0 Å². The van der Waals surface area contributed by atoms with Gasteiger partial charge in [-0.2, -0.15) is 0 Å². The maximum Gasteiger partial charge on any atom is 0.178 e. The Morgan fingerprint density at radius 3 is 3.00 bits per heavy atom. The molecule has 108 valence electrons. The Hall–Kier alpha value is -2.08. The SMILES string of the molecule is CCOc1cc(C)nc(CSc2nc3ncccc3[nH]2)c1. The maximum absolute atomic E-state index is 5.54. The fraction of sp³-hybridized carbons (Fsp3) is 0.267. The number of nitrogens with zero attached hydrogens (tertiary/aromatic N) is 3. The summed E-state index contributed by atoms with van der Waals surface area (Å²) in [7, 11) is 0. The van der Waals surface area contributed by atoms with Crippen molar-refractivity contribution in [3.8, 4) is 5.75 Å². The molecule has 0 aliphatic rings. The summed E-state index contributed by atoms with van der Waals surface area (Å²) >= 11 is 1.61. The average Bonchev–Trinajstić information content (AvgIpc) is 2.88. The van der Waals surface area contributed by atoms with Gasteiger partial charge in [0.15, 0.2) is 10.8 Å². The standard InChI is InChI=1S/C15H16N4OS/c1-3-20-12-7-10(2)17-11(8-12)9-21-15-18-13-5-4-6-16-14(13)19-15/h4-8H,3,9H2,1-2H3,(H,16,18,19). The van der Waals surface area contributed by atoms with Crippen molar-refractivity contribution in [1.82, 2.24) is 19.9 Å². The monoisotopic (exact) mass is 300 g/mol. The van der Waals surface area contributed by atoms with Crippen molar-refractivity contribution >= 4 is 22.9 Å². The van der Waals surface area contributed by atoms with Crippen molar-refractivity contribution in [1.29, 1.82) is 0 Å². The highest BCUT2D eigenvalue weighted by molar-refractivity contribution is 7.98. The molecular weight excluding hydrogens is 284 g/mol. The second kappa shape index (κ2) is 6.13. The van der Waals surface area contributed by atoms with E-state index in [1.807, 2.05) is 38.1 Å². The predicted octanol–water partition coefficient (Wildman–Crippen LogP) is 3.35. The molecule has 3 aromatic heterocycles. The lowest BCUT2D eigenvalue weighted by Crippen LogP contribution is -1.96. The summed E-state index contributed by atoms with van der Waals surface area (Å²) < 4.78 is 5.54. The van der Waals surface area contributed by atoms with Crippen LogP contribution in [0.5, 0.6) is 5.75 Å². The van der Waals surface area contributed by atoms with E-state index in [-0.39, 0.29) is 0 Å². The summed E-state index contributed by atoms with van der Waals surface area (Å²) in [5, 5.41) is 0.852. The number of thioether (sulfide) groups is 1. The molecule has 6 heteroatoms. The van der Waals surface area contributed by atoms with Gasteiger partial charge in [0.2, 0.25) is 0 Å². The van der Waals surface area contributed by atoms with E-state index in [4.69, 9.17) is 4.74 Å². The fourth-order valence-corrected chi connectivity index (χ4v) is 2.83. The van der Waals surface area contributed by atoms with Gasteiger partial charge in [0.05, 0.1) is 17.8 Å². The summed E-state index contributed by atoms with van der Waals surface area (Å²) in [6, 6.07) is 7.79. The number of imidazole rings is 1. The fourth-order valence-electron chi connectivity index (χ4n) is 2.06. The van der Waals surface area contributed by atoms with Gasteiger partial charge in [0.25, 0.3) is 0 Å². The molecule has 0 aliphatic carbocycles. The van der Waals surface area contributed by atoms with E-state index >= 15 is 0 Å². The third-order valence-electron chi connectivity index (χ3n) is 2.88. The Bertz CT molecular complexity index is 723. The van der Waals surface area contributed by atoms with Crippen LogP contribution in [0, 0.1) is 6.92 Å². The van der Waals surface area contributed by atoms with Crippen LogP contribution < -0.4 is 4.74 Å². The Balaban J connectivity index is 1.74. The first kappa shape index (κ1) is 13.9. The van der Waals surface area contributed by atoms with E-state index in [0.29, 0.717) is 6.61 Å². The molecular formula is C15H16N4OS. The maximum atomic E-state index is 5.54. The minimum atomic E-state index is 0.658. The van der Waals surface area contributed by atoms with Crippen LogP contribution in [0.3, 0.4) is 0 Å². The van der Waals surface area contributed by atoms with Gasteiger partial charge >= 0.3 is 0 Å². The molecule has 0 saturated carbocycles. The van der Waals surface area contributed by atoms with Crippen LogP contribution in [-0.4, -0.2) is 26.5 Å². The second-order valence-corrected chi connectivity index (χ2v) is 5.54. The number of H-pyrrole nitrogens is 1. The average molecular weight is 300 g/mol. The number of hydrogen-bond acceptors (Lipinski definition) is 5. The Labute approximate surface area is 127 Å². The van der Waals surface area contributed by atoms with Crippen LogP contribution in [0.1, 0.15) is 18.3 Å². The zero-order chi connectivity index (χ0) is 14.7. The number of aryl methyl sites for hydroxylation is 1. The van der Waals surface area contributed by atoms with Gasteiger partial charge in [-0.15, -0.1) is 0 Å². The number of rotatable bonds is 5. The molecule has 0 unspecified atom stereocenters. The van der Waals surface area contributed by atoms with Crippen LogP contribution in [-0.2, 0) is 5.75 Å². The number of nitrogens with one attached hydrogen (secondary N) is 1. The minimum Gasteiger partial charge on any atom is -0.494 e. The first-order chi connectivity index (χ1) is 10.2. The Morgan fingerprint density at radius 2 is 2.19 bits per heavy atom. The summed E-state index contributed by atoms with van der Waals surface area (Å²) in [6.07, 6.45) is 1.74. The van der Waals surface area contributed by atoms with E-state index in [1.165, 1.54) is 0 Å². The highest BCUT2D eigenvalue weighted by atomic mass is 32.2. The lowest BCUT2D eigenvalue weighted by Gasteiger charge is -2.06. The number of aromatic nitrogens is 4. The molecule has 1 N–H and O–H groups in total. The quantitative estimate of drug-likeness (QED) is 0.732. The zero-order valence-electron chi connectivity index (χ0n) is 12.0. The minimum absolute atomic E-state index is 0.658. The molecule has 3 heterocycles. The van der Waals surface area contributed by atoms with Crippen molar-refractivity contribution in [3.63, 3.8) is 0 Å². The number of fused-ring (bicyclic) bond motifs is 1. The van der Waals surface area contributed by atoms with Crippen LogP contribution >= 0.6 is 11.8 Å². The molecule has 0 radical (unpaired) electrons. The van der Waals surface area contributed by atoms with Crippen LogP contribution in [0.25, 0.3) is 11.2 Å². The lowest BCUT2D eigenvalue weighted by molar-refractivity contribution is 0.339. The first-order valence-corrected chi connectivity index (χ1v) is 7.77. The molecule has 3 rings (SSSR count). The third-order valence-corrected chi connectivity index (χ3v) is 3.79. The van der Waals surface area contributed by atoms with Gasteiger partial charge in [0.1, 0.15) is 5.75 Å². The predicted molar refractivity (Wildman–Crippen MR) is 83.6 cm³/mol. The molecule has 21 heavy (non-hydrogen) atoms.